The molecule has 140 valence electrons. The first-order valence-electron chi connectivity index (χ1n) is 5.69. The van der Waals surface area contributed by atoms with Gasteiger partial charge in [0.1, 0.15) is 0 Å². The van der Waals surface area contributed by atoms with Crippen molar-refractivity contribution in [1.82, 2.24) is 0 Å². The van der Waals surface area contributed by atoms with E-state index in [9.17, 15) is 44.3 Å². The van der Waals surface area contributed by atoms with Crippen LogP contribution >= 0.6 is 23.2 Å². The lowest BCUT2D eigenvalue weighted by molar-refractivity contribution is -0.170. The highest BCUT2D eigenvalue weighted by Gasteiger charge is 2.49. The Balaban J connectivity index is 3.16. The second-order valence-corrected chi connectivity index (χ2v) is 6.63. The molecule has 0 amide bonds. The van der Waals surface area contributed by atoms with Gasteiger partial charge in [-0.05, 0) is 12.1 Å². The molecular weight excluding hydrogens is 429 g/mol. The van der Waals surface area contributed by atoms with Crippen molar-refractivity contribution in [2.24, 2.45) is 0 Å². The van der Waals surface area contributed by atoms with Crippen molar-refractivity contribution < 1.29 is 48.5 Å². The number of benzene rings is 1. The zero-order valence-corrected chi connectivity index (χ0v) is 13.7. The summed E-state index contributed by atoms with van der Waals surface area (Å²) in [5.41, 5.74) is -6.46. The van der Waals surface area contributed by atoms with E-state index >= 15 is 0 Å². The molecule has 0 atom stereocenters. The second-order valence-electron chi connectivity index (χ2n) is 4.27. The molecule has 0 fully saturated rings. The van der Waals surface area contributed by atoms with E-state index in [-0.39, 0.29) is 0 Å². The molecule has 0 aromatic heterocycles. The highest BCUT2D eigenvalue weighted by Crippen LogP contribution is 2.38. The second kappa shape index (κ2) is 7.00. The van der Waals surface area contributed by atoms with E-state index in [0.717, 1.165) is 0 Å². The Hall–Kier alpha value is -1.53. The van der Waals surface area contributed by atoms with Crippen LogP contribution < -0.4 is 4.18 Å². The molecule has 25 heavy (non-hydrogen) atoms. The van der Waals surface area contributed by atoms with Crippen LogP contribution in [0.15, 0.2) is 12.1 Å². The van der Waals surface area contributed by atoms with Gasteiger partial charge in [-0.3, -0.25) is 9.59 Å². The topological polar surface area (TPSA) is 77.5 Å². The normalized spacial score (nSPS) is 12.8. The Morgan fingerprint density at radius 2 is 1.44 bits per heavy atom. The van der Waals surface area contributed by atoms with Crippen molar-refractivity contribution in [3.8, 4) is 5.75 Å². The zero-order chi connectivity index (χ0) is 19.8. The maximum absolute atomic E-state index is 12.2. The number of carbonyl (C=O) groups is 2. The summed E-state index contributed by atoms with van der Waals surface area (Å²) in [6.07, 6.45) is -6.87. The van der Waals surface area contributed by atoms with Gasteiger partial charge in [0, 0.05) is 5.56 Å². The fourth-order valence-electron chi connectivity index (χ4n) is 1.31. The summed E-state index contributed by atoms with van der Waals surface area (Å²) in [6.45, 7) is 0. The van der Waals surface area contributed by atoms with Gasteiger partial charge in [0.15, 0.2) is 11.5 Å². The molecule has 0 saturated carbocycles. The standard InChI is InChI=1S/C11H4Cl2F6O5S/c12-5-1-4(7(20)3-8(21)10(14,15)16)2-6(13)9(5)24-25(22,23)11(17,18)19/h1-2H,3H2. The van der Waals surface area contributed by atoms with Crippen LogP contribution in [0.3, 0.4) is 0 Å². The Bertz CT molecular complexity index is 792. The molecule has 0 spiro atoms. The smallest absolute Gasteiger partial charge is 0.373 e. The van der Waals surface area contributed by atoms with E-state index in [2.05, 4.69) is 4.18 Å². The third-order valence-electron chi connectivity index (χ3n) is 2.43. The average Bonchev–Trinajstić information content (AvgIpc) is 2.40. The highest BCUT2D eigenvalue weighted by molar-refractivity contribution is 7.88. The Kier molecular flexibility index (Phi) is 6.02. The van der Waals surface area contributed by atoms with Crippen LogP contribution in [0.4, 0.5) is 26.3 Å². The molecule has 0 N–H and O–H groups in total. The van der Waals surface area contributed by atoms with E-state index in [4.69, 9.17) is 23.2 Å². The maximum Gasteiger partial charge on any atom is 0.534 e. The van der Waals surface area contributed by atoms with Crippen molar-refractivity contribution in [3.05, 3.63) is 27.7 Å². The van der Waals surface area contributed by atoms with Gasteiger partial charge < -0.3 is 4.18 Å². The average molecular weight is 433 g/mol. The van der Waals surface area contributed by atoms with Crippen LogP contribution in [-0.4, -0.2) is 31.7 Å². The highest BCUT2D eigenvalue weighted by atomic mass is 35.5. The van der Waals surface area contributed by atoms with Crippen LogP contribution in [0.1, 0.15) is 16.8 Å². The summed E-state index contributed by atoms with van der Waals surface area (Å²) >= 11 is 10.9. The van der Waals surface area contributed by atoms with Gasteiger partial charge in [0.05, 0.1) is 16.5 Å². The summed E-state index contributed by atoms with van der Waals surface area (Å²) in [6, 6.07) is 1.03. The van der Waals surface area contributed by atoms with Crippen LogP contribution in [-0.2, 0) is 14.9 Å². The maximum atomic E-state index is 12.2. The van der Waals surface area contributed by atoms with Crippen LogP contribution in [0, 0.1) is 0 Å². The van der Waals surface area contributed by atoms with Crippen molar-refractivity contribution in [2.45, 2.75) is 18.1 Å². The summed E-state index contributed by atoms with van der Waals surface area (Å²) in [5.74, 6) is -4.94. The van der Waals surface area contributed by atoms with E-state index in [0.29, 0.717) is 12.1 Å². The number of alkyl halides is 6. The van der Waals surface area contributed by atoms with Gasteiger partial charge in [-0.2, -0.15) is 34.8 Å². The molecule has 1 rings (SSSR count). The number of halogens is 8. The minimum absolute atomic E-state index is 0.515. The number of hydrogen-bond donors (Lipinski definition) is 0. The third-order valence-corrected chi connectivity index (χ3v) is 3.95. The van der Waals surface area contributed by atoms with Gasteiger partial charge in [-0.25, -0.2) is 0 Å². The van der Waals surface area contributed by atoms with Crippen LogP contribution in [0.5, 0.6) is 5.75 Å². The Labute approximate surface area is 145 Å². The van der Waals surface area contributed by atoms with E-state index in [1.807, 2.05) is 0 Å². The monoisotopic (exact) mass is 432 g/mol. The van der Waals surface area contributed by atoms with Gasteiger partial charge in [0.2, 0.25) is 5.78 Å². The largest absolute Gasteiger partial charge is 0.534 e. The summed E-state index contributed by atoms with van der Waals surface area (Å²) in [5, 5.41) is -1.80. The minimum atomic E-state index is -6.12. The van der Waals surface area contributed by atoms with Gasteiger partial charge >= 0.3 is 21.8 Å². The minimum Gasteiger partial charge on any atom is -0.373 e. The first-order valence-corrected chi connectivity index (χ1v) is 7.85. The molecular formula is C11H4Cl2F6O5S. The number of hydrogen-bond acceptors (Lipinski definition) is 5. The van der Waals surface area contributed by atoms with Crippen molar-refractivity contribution in [2.75, 3.05) is 0 Å². The number of Topliss-reactive ketones (excluding diaryl/α,β-unsaturated/α-hetero) is 2. The number of carbonyl (C=O) groups excluding carboxylic acids is 2. The fourth-order valence-corrected chi connectivity index (χ4v) is 2.45. The number of ketones is 2. The lowest BCUT2D eigenvalue weighted by Gasteiger charge is -2.13. The number of rotatable bonds is 5. The lowest BCUT2D eigenvalue weighted by Crippen LogP contribution is -2.28. The molecule has 0 aliphatic carbocycles. The fraction of sp³-hybridized carbons (Fsp3) is 0.273. The molecule has 0 aliphatic heterocycles. The first-order chi connectivity index (χ1) is 11.1. The van der Waals surface area contributed by atoms with E-state index in [1.54, 1.807) is 0 Å². The van der Waals surface area contributed by atoms with Gasteiger partial charge in [-0.15, -0.1) is 0 Å². The lowest BCUT2D eigenvalue weighted by atomic mass is 10.1. The Morgan fingerprint density at radius 1 is 1.00 bits per heavy atom. The molecule has 0 heterocycles. The predicted molar refractivity (Wildman–Crippen MR) is 72.1 cm³/mol. The van der Waals surface area contributed by atoms with Gasteiger partial charge in [-0.1, -0.05) is 23.2 Å². The van der Waals surface area contributed by atoms with E-state index in [1.165, 1.54) is 0 Å². The molecule has 0 bridgehead atoms. The molecule has 0 unspecified atom stereocenters. The Morgan fingerprint density at radius 3 is 1.80 bits per heavy atom. The predicted octanol–water partition coefficient (Wildman–Crippen LogP) is 3.93. The molecule has 1 aromatic carbocycles. The molecule has 5 nitrogen and oxygen atoms in total. The van der Waals surface area contributed by atoms with Crippen molar-refractivity contribution in [1.29, 1.82) is 0 Å². The van der Waals surface area contributed by atoms with Crippen molar-refractivity contribution >= 4 is 44.9 Å². The van der Waals surface area contributed by atoms with Crippen LogP contribution in [0.25, 0.3) is 0 Å². The molecule has 0 radical (unpaired) electrons. The summed E-state index contributed by atoms with van der Waals surface area (Å²) < 4.78 is 98.6. The zero-order valence-electron chi connectivity index (χ0n) is 11.3. The van der Waals surface area contributed by atoms with E-state index < -0.39 is 61.1 Å². The molecule has 1 aromatic rings. The van der Waals surface area contributed by atoms with Gasteiger partial charge in [0.25, 0.3) is 0 Å². The molecule has 0 saturated heterocycles. The summed E-state index contributed by atoms with van der Waals surface area (Å²) in [7, 11) is -6.12. The van der Waals surface area contributed by atoms with Crippen molar-refractivity contribution in [3.63, 3.8) is 0 Å². The summed E-state index contributed by atoms with van der Waals surface area (Å²) in [4.78, 5) is 22.3. The SMILES string of the molecule is O=C(CC(=O)C(F)(F)F)c1cc(Cl)c(OS(=O)(=O)C(F)(F)F)c(Cl)c1. The quantitative estimate of drug-likeness (QED) is 0.231. The van der Waals surface area contributed by atoms with Crippen LogP contribution in [0.2, 0.25) is 10.0 Å². The first kappa shape index (κ1) is 21.5. The molecule has 0 aliphatic rings. The molecule has 14 heteroatoms. The third kappa shape index (κ3) is 5.22.